The molecule has 0 radical (unpaired) electrons. The second-order valence-electron chi connectivity index (χ2n) is 14.4. The summed E-state index contributed by atoms with van der Waals surface area (Å²) in [5.74, 6) is 1.80. The van der Waals surface area contributed by atoms with E-state index in [2.05, 4.69) is 32.4 Å². The predicted octanol–water partition coefficient (Wildman–Crippen LogP) is 3.91. The van der Waals surface area contributed by atoms with Crippen LogP contribution in [0.2, 0.25) is 0 Å². The molecular formula is C34H35N5O5. The molecule has 2 aromatic heterocycles. The van der Waals surface area contributed by atoms with Crippen molar-refractivity contribution >= 4 is 28.5 Å². The van der Waals surface area contributed by atoms with E-state index in [0.717, 1.165) is 29.7 Å². The van der Waals surface area contributed by atoms with Crippen molar-refractivity contribution in [2.45, 2.75) is 81.6 Å². The number of anilines is 1. The first-order valence-electron chi connectivity index (χ1n) is 16.1. The highest BCUT2D eigenvalue weighted by molar-refractivity contribution is 6.42. The van der Waals surface area contributed by atoms with Crippen LogP contribution in [0.15, 0.2) is 42.9 Å². The van der Waals surface area contributed by atoms with Gasteiger partial charge in [0.1, 0.15) is 41.8 Å². The smallest absolute Gasteiger partial charge is 0.270 e. The summed E-state index contributed by atoms with van der Waals surface area (Å²) in [6, 6.07) is 10.1. The second kappa shape index (κ2) is 8.69. The molecule has 4 saturated carbocycles. The summed E-state index contributed by atoms with van der Waals surface area (Å²) in [6.07, 6.45) is 9.19. The number of nitrogens with zero attached hydrogens (tertiary/aromatic N) is 3. The highest BCUT2D eigenvalue weighted by atomic mass is 16.8. The number of carbonyl (C=O) groups excluding carboxylic acids is 1. The Hall–Kier alpha value is -3.31. The van der Waals surface area contributed by atoms with E-state index < -0.39 is 36.1 Å². The molecule has 1 aromatic carbocycles. The average Bonchev–Trinajstić information content (AvgIpc) is 3.65. The SMILES string of the molecule is N=C(CCC12CC3CC4CC(C1)C432)C(=O)Nc1ncnc2c(C3OC(CO)C4OC5(Cc6ccccc6C5)OC34)ccnc12. The van der Waals surface area contributed by atoms with Crippen LogP contribution in [-0.2, 0) is 31.8 Å². The summed E-state index contributed by atoms with van der Waals surface area (Å²) in [6.45, 7) is -0.199. The standard InChI is InChI=1S/C34H35N5O5/c35-23(5-7-32-13-20-9-19-10-21(14-32)34(19,20)32)31(41)39-30-26-25(37-16-38-30)22(6-8-36-26)27-29-28(24(15-40)42-27)43-33(44-29)11-17-3-1-2-4-18(17)12-33/h1-4,6,8,16,19-21,24,27-29,35,40H,5,7,9-15H2,(H,37,38,39,41). The number of aliphatic hydroxyl groups excluding tert-OH is 1. The zero-order chi connectivity index (χ0) is 29.4. The van der Waals surface area contributed by atoms with Gasteiger partial charge in [-0.05, 0) is 84.3 Å². The fraction of sp³-hybridized carbons (Fsp3) is 0.559. The van der Waals surface area contributed by atoms with Crippen LogP contribution in [0.5, 0.6) is 0 Å². The lowest BCUT2D eigenvalue weighted by atomic mass is 9.13. The third kappa shape index (κ3) is 3.12. The van der Waals surface area contributed by atoms with Crippen LogP contribution in [0.4, 0.5) is 5.82 Å². The Morgan fingerprint density at radius 3 is 2.43 bits per heavy atom. The summed E-state index contributed by atoms with van der Waals surface area (Å²) in [5, 5.41) is 21.7. The Balaban J connectivity index is 0.882. The van der Waals surface area contributed by atoms with Gasteiger partial charge in [-0.3, -0.25) is 15.2 Å². The van der Waals surface area contributed by atoms with Crippen molar-refractivity contribution in [1.82, 2.24) is 15.0 Å². The summed E-state index contributed by atoms with van der Waals surface area (Å²) in [5.41, 5.74) is 5.19. The number of hydrogen-bond acceptors (Lipinski definition) is 9. The minimum absolute atomic E-state index is 0.0907. The molecule has 2 spiro atoms. The molecule has 10 heteroatoms. The quantitative estimate of drug-likeness (QED) is 0.351. The lowest BCUT2D eigenvalue weighted by Crippen LogP contribution is -2.85. The van der Waals surface area contributed by atoms with Crippen LogP contribution in [0.1, 0.15) is 61.3 Å². The van der Waals surface area contributed by atoms with Gasteiger partial charge in [-0.1, -0.05) is 24.3 Å². The molecule has 0 bridgehead atoms. The van der Waals surface area contributed by atoms with E-state index in [1.165, 1.54) is 43.1 Å². The molecule has 2 saturated heterocycles. The zero-order valence-corrected chi connectivity index (χ0v) is 24.4. The van der Waals surface area contributed by atoms with Crippen LogP contribution in [0.25, 0.3) is 11.0 Å². The molecule has 5 aliphatic carbocycles. The number of hydrogen-bond donors (Lipinski definition) is 3. The maximum atomic E-state index is 13.2. The molecule has 6 fully saturated rings. The van der Waals surface area contributed by atoms with Crippen LogP contribution in [-0.4, -0.2) is 62.4 Å². The molecule has 226 valence electrons. The van der Waals surface area contributed by atoms with Crippen molar-refractivity contribution in [1.29, 1.82) is 5.41 Å². The summed E-state index contributed by atoms with van der Waals surface area (Å²) in [4.78, 5) is 26.6. The van der Waals surface area contributed by atoms with E-state index in [4.69, 9.17) is 19.6 Å². The zero-order valence-electron chi connectivity index (χ0n) is 24.4. The average molecular weight is 594 g/mol. The highest BCUT2D eigenvalue weighted by Gasteiger charge is 2.86. The van der Waals surface area contributed by atoms with Crippen molar-refractivity contribution in [3.63, 3.8) is 0 Å². The minimum atomic E-state index is -0.788. The molecule has 3 N–H and O–H groups in total. The van der Waals surface area contributed by atoms with Crippen LogP contribution in [0, 0.1) is 34.0 Å². The maximum Gasteiger partial charge on any atom is 0.270 e. The molecule has 1 amide bonds. The fourth-order valence-electron chi connectivity index (χ4n) is 11.2. The van der Waals surface area contributed by atoms with Crippen molar-refractivity contribution < 1.29 is 24.1 Å². The van der Waals surface area contributed by atoms with Gasteiger partial charge >= 0.3 is 0 Å². The van der Waals surface area contributed by atoms with Gasteiger partial charge in [0.05, 0.1) is 12.3 Å². The number of carbonyl (C=O) groups is 1. The Bertz CT molecular complexity index is 1710. The van der Waals surface area contributed by atoms with Crippen LogP contribution < -0.4 is 5.32 Å². The van der Waals surface area contributed by atoms with E-state index in [0.29, 0.717) is 41.1 Å². The normalized spacial score (nSPS) is 39.2. The summed E-state index contributed by atoms with van der Waals surface area (Å²) in [7, 11) is 0. The number of ether oxygens (including phenoxy) is 3. The molecule has 10 nitrogen and oxygen atoms in total. The lowest BCUT2D eigenvalue weighted by Gasteiger charge is -2.92. The van der Waals surface area contributed by atoms with E-state index in [1.807, 2.05) is 18.2 Å². The Morgan fingerprint density at radius 2 is 1.73 bits per heavy atom. The van der Waals surface area contributed by atoms with E-state index in [9.17, 15) is 9.90 Å². The number of benzene rings is 1. The number of amides is 1. The Morgan fingerprint density at radius 1 is 0.977 bits per heavy atom. The monoisotopic (exact) mass is 593 g/mol. The van der Waals surface area contributed by atoms with Gasteiger partial charge in [-0.25, -0.2) is 9.97 Å². The van der Waals surface area contributed by atoms with Gasteiger partial charge in [-0.2, -0.15) is 0 Å². The fourth-order valence-corrected chi connectivity index (χ4v) is 11.2. The van der Waals surface area contributed by atoms with Gasteiger partial charge in [0.15, 0.2) is 11.6 Å². The van der Waals surface area contributed by atoms with Gasteiger partial charge < -0.3 is 24.6 Å². The lowest BCUT2D eigenvalue weighted by molar-refractivity contribution is -0.433. The molecule has 7 aliphatic rings. The molecule has 3 aromatic rings. The third-order valence-electron chi connectivity index (χ3n) is 12.8. The van der Waals surface area contributed by atoms with Gasteiger partial charge in [0.25, 0.3) is 5.91 Å². The Labute approximate surface area is 254 Å². The number of aliphatic hydroxyl groups is 1. The largest absolute Gasteiger partial charge is 0.394 e. The first-order valence-corrected chi connectivity index (χ1v) is 16.1. The third-order valence-corrected chi connectivity index (χ3v) is 12.8. The number of fused-ring (bicyclic) bond motifs is 3. The van der Waals surface area contributed by atoms with Crippen LogP contribution >= 0.6 is 0 Å². The van der Waals surface area contributed by atoms with E-state index in [-0.39, 0.29) is 18.1 Å². The molecule has 2 aliphatic heterocycles. The van der Waals surface area contributed by atoms with Crippen LogP contribution in [0.3, 0.4) is 0 Å². The van der Waals surface area contributed by atoms with Crippen molar-refractivity contribution in [3.05, 3.63) is 59.5 Å². The van der Waals surface area contributed by atoms with Crippen molar-refractivity contribution in [2.75, 3.05) is 11.9 Å². The summed E-state index contributed by atoms with van der Waals surface area (Å²) >= 11 is 0. The minimum Gasteiger partial charge on any atom is -0.394 e. The molecule has 6 atom stereocenters. The van der Waals surface area contributed by atoms with Crippen molar-refractivity contribution in [3.8, 4) is 0 Å². The number of pyridine rings is 1. The first-order chi connectivity index (χ1) is 21.4. The Kier molecular flexibility index (Phi) is 5.13. The van der Waals surface area contributed by atoms with E-state index >= 15 is 0 Å². The van der Waals surface area contributed by atoms with Gasteiger partial charge in [0.2, 0.25) is 0 Å². The maximum absolute atomic E-state index is 13.2. The summed E-state index contributed by atoms with van der Waals surface area (Å²) < 4.78 is 19.5. The molecule has 4 heterocycles. The highest BCUT2D eigenvalue weighted by Crippen LogP contribution is 2.93. The predicted molar refractivity (Wildman–Crippen MR) is 158 cm³/mol. The first kappa shape index (κ1) is 26.0. The number of rotatable bonds is 7. The van der Waals surface area contributed by atoms with E-state index in [1.54, 1.807) is 6.20 Å². The molecular weight excluding hydrogens is 558 g/mol. The topological polar surface area (TPSA) is 140 Å². The van der Waals surface area contributed by atoms with Crippen molar-refractivity contribution in [2.24, 2.45) is 28.6 Å². The number of aromatic nitrogens is 3. The molecule has 6 unspecified atom stereocenters. The van der Waals surface area contributed by atoms with Gasteiger partial charge in [0, 0.05) is 24.6 Å². The second-order valence-corrected chi connectivity index (χ2v) is 14.4. The number of nitrogens with one attached hydrogen (secondary N) is 2. The molecule has 44 heavy (non-hydrogen) atoms. The van der Waals surface area contributed by atoms with Gasteiger partial charge in [-0.15, -0.1) is 0 Å². The molecule has 10 rings (SSSR count).